The molecule has 2 heterocycles. The third-order valence-corrected chi connectivity index (χ3v) is 4.28. The molecule has 1 aromatic carbocycles. The Labute approximate surface area is 152 Å². The van der Waals surface area contributed by atoms with Gasteiger partial charge in [0, 0.05) is 25.9 Å². The topological polar surface area (TPSA) is 84.7 Å². The molecule has 7 nitrogen and oxygen atoms in total. The van der Waals surface area contributed by atoms with Crippen LogP contribution in [0.25, 0.3) is 0 Å². The van der Waals surface area contributed by atoms with Crippen molar-refractivity contribution in [1.29, 1.82) is 0 Å². The molecule has 0 radical (unpaired) electrons. The number of morpholine rings is 1. The molecule has 7 heteroatoms. The first-order chi connectivity index (χ1) is 12.7. The molecule has 1 aliphatic heterocycles. The van der Waals surface area contributed by atoms with Crippen molar-refractivity contribution in [3.05, 3.63) is 53.7 Å². The van der Waals surface area contributed by atoms with Gasteiger partial charge in [0.25, 0.3) is 5.91 Å². The maximum absolute atomic E-state index is 12.5. The third-order valence-electron chi connectivity index (χ3n) is 4.28. The van der Waals surface area contributed by atoms with E-state index in [0.29, 0.717) is 45.0 Å². The van der Waals surface area contributed by atoms with Gasteiger partial charge in [0.15, 0.2) is 5.69 Å². The van der Waals surface area contributed by atoms with E-state index in [0.717, 1.165) is 5.56 Å². The SMILES string of the molecule is CCC(=O)N[C@H](Cc1ccccc1)c1nc(C(=O)N2CCOCC2)co1. The minimum atomic E-state index is -0.420. The van der Waals surface area contributed by atoms with Crippen molar-refractivity contribution in [1.82, 2.24) is 15.2 Å². The van der Waals surface area contributed by atoms with Crippen molar-refractivity contribution in [3.8, 4) is 0 Å². The minimum Gasteiger partial charge on any atom is -0.446 e. The maximum atomic E-state index is 12.5. The van der Waals surface area contributed by atoms with Gasteiger partial charge in [0.1, 0.15) is 12.3 Å². The van der Waals surface area contributed by atoms with E-state index in [1.165, 1.54) is 6.26 Å². The Balaban J connectivity index is 1.76. The van der Waals surface area contributed by atoms with Crippen LogP contribution in [0.1, 0.15) is 41.3 Å². The van der Waals surface area contributed by atoms with Gasteiger partial charge in [-0.3, -0.25) is 9.59 Å². The van der Waals surface area contributed by atoms with Crippen LogP contribution in [0.15, 0.2) is 41.0 Å². The number of carbonyl (C=O) groups excluding carboxylic acids is 2. The zero-order valence-electron chi connectivity index (χ0n) is 14.8. The van der Waals surface area contributed by atoms with E-state index in [9.17, 15) is 9.59 Å². The predicted molar refractivity (Wildman–Crippen MR) is 94.5 cm³/mol. The monoisotopic (exact) mass is 357 g/mol. The van der Waals surface area contributed by atoms with E-state index >= 15 is 0 Å². The van der Waals surface area contributed by atoms with Crippen LogP contribution in [0.3, 0.4) is 0 Å². The van der Waals surface area contributed by atoms with Gasteiger partial charge in [-0.05, 0) is 5.56 Å². The zero-order valence-corrected chi connectivity index (χ0v) is 14.8. The number of nitrogens with zero attached hydrogens (tertiary/aromatic N) is 2. The average molecular weight is 357 g/mol. The average Bonchev–Trinajstić information content (AvgIpc) is 3.18. The zero-order chi connectivity index (χ0) is 18.4. The fraction of sp³-hybridized carbons (Fsp3) is 0.421. The van der Waals surface area contributed by atoms with Crippen molar-refractivity contribution >= 4 is 11.8 Å². The number of hydrogen-bond donors (Lipinski definition) is 1. The third kappa shape index (κ3) is 4.49. The first kappa shape index (κ1) is 18.1. The molecule has 1 saturated heterocycles. The van der Waals surface area contributed by atoms with E-state index in [4.69, 9.17) is 9.15 Å². The molecular formula is C19H23N3O4. The Kier molecular flexibility index (Phi) is 6.01. The van der Waals surface area contributed by atoms with Crippen LogP contribution in [0.4, 0.5) is 0 Å². The van der Waals surface area contributed by atoms with Crippen molar-refractivity contribution < 1.29 is 18.7 Å². The van der Waals surface area contributed by atoms with Gasteiger partial charge in [-0.1, -0.05) is 37.3 Å². The standard InChI is InChI=1S/C19H23N3O4/c1-2-17(23)20-15(12-14-6-4-3-5-7-14)18-21-16(13-26-18)19(24)22-8-10-25-11-9-22/h3-7,13,15H,2,8-12H2,1H3,(H,20,23)/t15-/m1/s1. The number of rotatable bonds is 6. The molecule has 0 spiro atoms. The number of aromatic nitrogens is 1. The number of carbonyl (C=O) groups is 2. The van der Waals surface area contributed by atoms with E-state index < -0.39 is 6.04 Å². The summed E-state index contributed by atoms with van der Waals surface area (Å²) in [5, 5.41) is 2.92. The number of oxazole rings is 1. The van der Waals surface area contributed by atoms with Gasteiger partial charge in [0.05, 0.1) is 13.2 Å². The van der Waals surface area contributed by atoms with Crippen LogP contribution >= 0.6 is 0 Å². The quantitative estimate of drug-likeness (QED) is 0.854. The number of benzene rings is 1. The first-order valence-electron chi connectivity index (χ1n) is 8.83. The lowest BCUT2D eigenvalue weighted by Gasteiger charge is -2.25. The summed E-state index contributed by atoms with van der Waals surface area (Å²) < 4.78 is 10.8. The molecule has 26 heavy (non-hydrogen) atoms. The van der Waals surface area contributed by atoms with E-state index in [1.807, 2.05) is 30.3 Å². The van der Waals surface area contributed by atoms with Crippen LogP contribution in [0.5, 0.6) is 0 Å². The summed E-state index contributed by atoms with van der Waals surface area (Å²) in [5.74, 6) is 0.0704. The van der Waals surface area contributed by atoms with Crippen molar-refractivity contribution in [2.75, 3.05) is 26.3 Å². The Morgan fingerprint density at radius 3 is 2.65 bits per heavy atom. The van der Waals surface area contributed by atoms with Gasteiger partial charge in [-0.25, -0.2) is 4.98 Å². The first-order valence-corrected chi connectivity index (χ1v) is 8.83. The Morgan fingerprint density at radius 2 is 1.96 bits per heavy atom. The molecule has 0 aliphatic carbocycles. The number of hydrogen-bond acceptors (Lipinski definition) is 5. The molecule has 1 aliphatic rings. The largest absolute Gasteiger partial charge is 0.446 e. The Bertz CT molecular complexity index is 738. The molecule has 2 aromatic rings. The number of nitrogens with one attached hydrogen (secondary N) is 1. The molecule has 1 aromatic heterocycles. The minimum absolute atomic E-state index is 0.0924. The Morgan fingerprint density at radius 1 is 1.23 bits per heavy atom. The van der Waals surface area contributed by atoms with Crippen molar-refractivity contribution in [2.45, 2.75) is 25.8 Å². The van der Waals surface area contributed by atoms with E-state index in [1.54, 1.807) is 11.8 Å². The van der Waals surface area contributed by atoms with E-state index in [-0.39, 0.29) is 17.5 Å². The maximum Gasteiger partial charge on any atom is 0.275 e. The summed E-state index contributed by atoms with van der Waals surface area (Å²) in [6.07, 6.45) is 2.27. The van der Waals surface area contributed by atoms with Crippen molar-refractivity contribution in [2.24, 2.45) is 0 Å². The summed E-state index contributed by atoms with van der Waals surface area (Å²) >= 11 is 0. The summed E-state index contributed by atoms with van der Waals surface area (Å²) in [6.45, 7) is 3.93. The molecule has 0 unspecified atom stereocenters. The predicted octanol–water partition coefficient (Wildman–Crippen LogP) is 1.96. The molecule has 2 amide bonds. The highest BCUT2D eigenvalue weighted by Gasteiger charge is 2.25. The summed E-state index contributed by atoms with van der Waals surface area (Å²) in [6, 6.07) is 9.36. The molecule has 1 N–H and O–H groups in total. The van der Waals surface area contributed by atoms with Gasteiger partial charge in [-0.2, -0.15) is 0 Å². The van der Waals surface area contributed by atoms with Crippen LogP contribution in [0.2, 0.25) is 0 Å². The van der Waals surface area contributed by atoms with Gasteiger partial charge < -0.3 is 19.4 Å². The Hall–Kier alpha value is -2.67. The lowest BCUT2D eigenvalue weighted by Crippen LogP contribution is -2.40. The second kappa shape index (κ2) is 8.62. The van der Waals surface area contributed by atoms with Crippen molar-refractivity contribution in [3.63, 3.8) is 0 Å². The van der Waals surface area contributed by atoms with E-state index in [2.05, 4.69) is 10.3 Å². The van der Waals surface area contributed by atoms with Gasteiger partial charge in [-0.15, -0.1) is 0 Å². The lowest BCUT2D eigenvalue weighted by atomic mass is 10.1. The second-order valence-corrected chi connectivity index (χ2v) is 6.14. The fourth-order valence-corrected chi connectivity index (χ4v) is 2.82. The normalized spacial score (nSPS) is 15.5. The summed E-state index contributed by atoms with van der Waals surface area (Å²) in [7, 11) is 0. The molecule has 138 valence electrons. The number of ether oxygens (including phenoxy) is 1. The van der Waals surface area contributed by atoms with Crippen LogP contribution in [-0.2, 0) is 16.0 Å². The fourth-order valence-electron chi connectivity index (χ4n) is 2.82. The second-order valence-electron chi connectivity index (χ2n) is 6.14. The lowest BCUT2D eigenvalue weighted by molar-refractivity contribution is -0.121. The highest BCUT2D eigenvalue weighted by Crippen LogP contribution is 2.19. The number of amides is 2. The highest BCUT2D eigenvalue weighted by atomic mass is 16.5. The molecule has 0 saturated carbocycles. The molecule has 3 rings (SSSR count). The summed E-state index contributed by atoms with van der Waals surface area (Å²) in [5.41, 5.74) is 1.30. The summed E-state index contributed by atoms with van der Waals surface area (Å²) in [4.78, 5) is 30.5. The van der Waals surface area contributed by atoms with Gasteiger partial charge in [0.2, 0.25) is 11.8 Å². The van der Waals surface area contributed by atoms with Crippen LogP contribution in [-0.4, -0.2) is 48.0 Å². The molecule has 1 atom stereocenters. The van der Waals surface area contributed by atoms with Gasteiger partial charge >= 0.3 is 0 Å². The highest BCUT2D eigenvalue weighted by molar-refractivity contribution is 5.92. The molecular weight excluding hydrogens is 334 g/mol. The molecule has 0 bridgehead atoms. The van der Waals surface area contributed by atoms with Crippen LogP contribution < -0.4 is 5.32 Å². The van der Waals surface area contributed by atoms with Crippen LogP contribution in [0, 0.1) is 0 Å². The smallest absolute Gasteiger partial charge is 0.275 e. The molecule has 1 fully saturated rings.